The first-order chi connectivity index (χ1) is 10.8. The third-order valence-corrected chi connectivity index (χ3v) is 2.98. The Morgan fingerprint density at radius 1 is 0.727 bits per heavy atom. The van der Waals surface area contributed by atoms with Gasteiger partial charge in [-0.25, -0.2) is 4.98 Å². The van der Waals surface area contributed by atoms with E-state index in [4.69, 9.17) is 30.4 Å². The summed E-state index contributed by atoms with van der Waals surface area (Å²) >= 11 is 5.67. The Morgan fingerprint density at radius 2 is 1.41 bits per heavy atom. The van der Waals surface area contributed by atoms with Crippen LogP contribution in [0.25, 0.3) is 22.8 Å². The van der Waals surface area contributed by atoms with E-state index in [2.05, 4.69) is 15.0 Å². The van der Waals surface area contributed by atoms with Crippen LogP contribution in [0, 0.1) is 0 Å². The van der Waals surface area contributed by atoms with E-state index in [0.717, 1.165) is 17.1 Å². The Bertz CT molecular complexity index is 726. The molecular formula is C15H10Cl3N3Pt. The molecule has 0 unspecified atom stereocenters. The van der Waals surface area contributed by atoms with Gasteiger partial charge in [0, 0.05) is 12.4 Å². The molecule has 0 spiro atoms. The van der Waals surface area contributed by atoms with Gasteiger partial charge in [0.2, 0.25) is 0 Å². The van der Waals surface area contributed by atoms with Crippen molar-refractivity contribution in [2.75, 3.05) is 0 Å². The van der Waals surface area contributed by atoms with Crippen LogP contribution >= 0.6 is 30.4 Å². The van der Waals surface area contributed by atoms with Gasteiger partial charge in [0.1, 0.15) is 5.69 Å². The number of hydrogen-bond acceptors (Lipinski definition) is 3. The van der Waals surface area contributed by atoms with Crippen LogP contribution < -0.4 is 0 Å². The first-order valence-corrected chi connectivity index (χ1v) is 12.1. The summed E-state index contributed by atoms with van der Waals surface area (Å²) in [5, 5.41) is 0.591. The van der Waals surface area contributed by atoms with E-state index in [9.17, 15) is 0 Å². The fourth-order valence-corrected chi connectivity index (χ4v) is 2.02. The summed E-state index contributed by atoms with van der Waals surface area (Å²) in [5.74, 6) is 0. The summed E-state index contributed by atoms with van der Waals surface area (Å²) in [6, 6.07) is 15.1. The van der Waals surface area contributed by atoms with Gasteiger partial charge in [0.05, 0.1) is 22.1 Å². The van der Waals surface area contributed by atoms with Gasteiger partial charge in [-0.05, 0) is 36.4 Å². The van der Waals surface area contributed by atoms with Gasteiger partial charge >= 0.3 is 35.3 Å². The van der Waals surface area contributed by atoms with E-state index >= 15 is 0 Å². The van der Waals surface area contributed by atoms with Crippen molar-refractivity contribution in [1.82, 2.24) is 15.0 Å². The number of pyridine rings is 3. The minimum absolute atomic E-state index is 0.472. The fraction of sp³-hybridized carbons (Fsp3) is 0. The zero-order valence-corrected chi connectivity index (χ0v) is 15.6. The first-order valence-electron chi connectivity index (χ1n) is 6.08. The number of halogens is 3. The van der Waals surface area contributed by atoms with Crippen molar-refractivity contribution in [2.45, 2.75) is 0 Å². The van der Waals surface area contributed by atoms with Gasteiger partial charge in [0.15, 0.2) is 0 Å². The molecular weight excluding hydrogens is 524 g/mol. The minimum atomic E-state index is -0.472. The van der Waals surface area contributed by atoms with Crippen LogP contribution in [0.15, 0.2) is 60.9 Å². The van der Waals surface area contributed by atoms with Crippen LogP contribution in [0.2, 0.25) is 5.02 Å². The van der Waals surface area contributed by atoms with E-state index in [0.29, 0.717) is 10.7 Å². The summed E-state index contributed by atoms with van der Waals surface area (Å²) < 4.78 is 0. The molecule has 0 N–H and O–H groups in total. The van der Waals surface area contributed by atoms with Gasteiger partial charge in [-0.1, -0.05) is 23.7 Å². The van der Waals surface area contributed by atoms with Crippen LogP contribution in [0.1, 0.15) is 0 Å². The summed E-state index contributed by atoms with van der Waals surface area (Å²) in [5.41, 5.74) is 3.06. The molecule has 0 aromatic carbocycles. The van der Waals surface area contributed by atoms with Gasteiger partial charge < -0.3 is 0 Å². The molecule has 0 aliphatic rings. The predicted octanol–water partition coefficient (Wildman–Crippen LogP) is 5.24. The van der Waals surface area contributed by atoms with E-state index < -0.39 is 16.5 Å². The zero-order chi connectivity index (χ0) is 15.8. The van der Waals surface area contributed by atoms with Crippen LogP contribution in [0.3, 0.4) is 0 Å². The molecule has 3 nitrogen and oxygen atoms in total. The van der Waals surface area contributed by atoms with Crippen molar-refractivity contribution in [3.63, 3.8) is 0 Å². The molecule has 3 aromatic rings. The number of rotatable bonds is 2. The van der Waals surface area contributed by atoms with Crippen molar-refractivity contribution in [3.8, 4) is 22.8 Å². The molecule has 7 heteroatoms. The number of aromatic nitrogens is 3. The van der Waals surface area contributed by atoms with E-state index in [1.807, 2.05) is 36.4 Å². The third kappa shape index (κ3) is 4.75. The Kier molecular flexibility index (Phi) is 7.27. The summed E-state index contributed by atoms with van der Waals surface area (Å²) in [4.78, 5) is 13.1. The number of hydrogen-bond donors (Lipinski definition) is 0. The molecule has 116 valence electrons. The molecule has 0 aliphatic carbocycles. The molecule has 0 saturated carbocycles. The molecule has 0 aliphatic heterocycles. The van der Waals surface area contributed by atoms with Crippen molar-refractivity contribution in [2.24, 2.45) is 0 Å². The van der Waals surface area contributed by atoms with E-state index in [-0.39, 0.29) is 0 Å². The van der Waals surface area contributed by atoms with Crippen molar-refractivity contribution in [3.05, 3.63) is 65.9 Å². The standard InChI is InChI=1S/C15H10ClN3.2ClH.Pt/c16-11-5-4-10-18-15(11)14-8-3-7-13(19-14)12-6-1-2-9-17-12;;;/h1-10H;2*1H;/q;;;+2/p-2. The van der Waals surface area contributed by atoms with E-state index in [1.54, 1.807) is 24.5 Å². The summed E-state index contributed by atoms with van der Waals surface area (Å²) in [7, 11) is 9.75. The Labute approximate surface area is 150 Å². The summed E-state index contributed by atoms with van der Waals surface area (Å²) in [6.45, 7) is 0. The van der Waals surface area contributed by atoms with E-state index in [1.165, 1.54) is 0 Å². The molecule has 0 bridgehead atoms. The predicted molar refractivity (Wildman–Crippen MR) is 87.4 cm³/mol. The van der Waals surface area contributed by atoms with Crippen molar-refractivity contribution in [1.29, 1.82) is 0 Å². The molecule has 0 saturated heterocycles. The van der Waals surface area contributed by atoms with Gasteiger partial charge in [-0.15, -0.1) is 0 Å². The van der Waals surface area contributed by atoms with Gasteiger partial charge in [-0.3, -0.25) is 9.97 Å². The fourth-order valence-electron chi connectivity index (χ4n) is 1.80. The molecule has 0 radical (unpaired) electrons. The van der Waals surface area contributed by atoms with Crippen molar-refractivity contribution >= 4 is 30.4 Å². The van der Waals surface area contributed by atoms with Crippen LogP contribution in [0.4, 0.5) is 0 Å². The molecule has 0 amide bonds. The topological polar surface area (TPSA) is 38.7 Å². The molecule has 0 atom stereocenters. The Balaban J connectivity index is 0.000000545. The monoisotopic (exact) mass is 532 g/mol. The van der Waals surface area contributed by atoms with Crippen molar-refractivity contribution < 1.29 is 16.5 Å². The van der Waals surface area contributed by atoms with Crippen LogP contribution in [0.5, 0.6) is 0 Å². The molecule has 0 fully saturated rings. The third-order valence-electron chi connectivity index (χ3n) is 2.68. The molecule has 22 heavy (non-hydrogen) atoms. The molecule has 3 rings (SSSR count). The maximum absolute atomic E-state index is 6.14. The quantitative estimate of drug-likeness (QED) is 0.453. The maximum atomic E-state index is 6.14. The first kappa shape index (κ1) is 17.4. The second-order valence-corrected chi connectivity index (χ2v) is 7.69. The normalized spacial score (nSPS) is 9.95. The molecule has 3 aromatic heterocycles. The Morgan fingerprint density at radius 3 is 2.09 bits per heavy atom. The Hall–Kier alpha value is -0.992. The van der Waals surface area contributed by atoms with Crippen LogP contribution in [-0.2, 0) is 16.5 Å². The SMILES string of the molecule is Clc1cccnc1-c1cccc(-c2ccccn2)n1.[Cl][Pt][Cl]. The van der Waals surface area contributed by atoms with Gasteiger partial charge in [-0.2, -0.15) is 0 Å². The second kappa shape index (κ2) is 9.22. The zero-order valence-electron chi connectivity index (χ0n) is 11.1. The van der Waals surface area contributed by atoms with Gasteiger partial charge in [0.25, 0.3) is 0 Å². The van der Waals surface area contributed by atoms with Crippen LogP contribution in [-0.4, -0.2) is 15.0 Å². The summed E-state index contributed by atoms with van der Waals surface area (Å²) in [6.07, 6.45) is 3.45. The average molecular weight is 534 g/mol. The number of nitrogens with zero attached hydrogens (tertiary/aromatic N) is 3. The second-order valence-electron chi connectivity index (χ2n) is 4.00. The molecule has 3 heterocycles. The average Bonchev–Trinajstić information content (AvgIpc) is 2.57.